The van der Waals surface area contributed by atoms with Crippen LogP contribution in [0.25, 0.3) is 0 Å². The number of carbonyl (C=O) groups excluding carboxylic acids is 2. The van der Waals surface area contributed by atoms with E-state index in [0.717, 1.165) is 50.5 Å². The molecule has 29 heavy (non-hydrogen) atoms. The average molecular weight is 403 g/mol. The van der Waals surface area contributed by atoms with E-state index in [0.29, 0.717) is 31.5 Å². The van der Waals surface area contributed by atoms with Gasteiger partial charge in [-0.1, -0.05) is 19.8 Å². The van der Waals surface area contributed by atoms with Crippen LogP contribution in [0.1, 0.15) is 71.1 Å². The maximum Gasteiger partial charge on any atom is 0.331 e. The van der Waals surface area contributed by atoms with Crippen molar-refractivity contribution < 1.29 is 24.2 Å². The third-order valence-electron chi connectivity index (χ3n) is 10.0. The van der Waals surface area contributed by atoms with Crippen LogP contribution in [0.5, 0.6) is 0 Å². The molecule has 0 aromatic rings. The summed E-state index contributed by atoms with van der Waals surface area (Å²) in [5.41, 5.74) is 0.214. The lowest BCUT2D eigenvalue weighted by atomic mass is 9.43. The fourth-order valence-corrected chi connectivity index (χ4v) is 8.70. The number of esters is 1. The summed E-state index contributed by atoms with van der Waals surface area (Å²) in [6.07, 6.45) is 12.5. The molecule has 0 bridgehead atoms. The summed E-state index contributed by atoms with van der Waals surface area (Å²) in [5.74, 6) is 1.29. The number of carbonyl (C=O) groups is 2. The Morgan fingerprint density at radius 3 is 2.76 bits per heavy atom. The fourth-order valence-electron chi connectivity index (χ4n) is 8.70. The molecule has 1 aliphatic heterocycles. The summed E-state index contributed by atoms with van der Waals surface area (Å²) in [5, 5.41) is 12.2. The van der Waals surface area contributed by atoms with Crippen molar-refractivity contribution in [2.24, 2.45) is 34.5 Å². The molecule has 4 saturated carbocycles. The summed E-state index contributed by atoms with van der Waals surface area (Å²) in [7, 11) is 0. The molecule has 1 heterocycles. The normalized spacial score (nSPS) is 48.8. The van der Waals surface area contributed by atoms with Crippen LogP contribution in [-0.2, 0) is 19.1 Å². The second-order valence-corrected chi connectivity index (χ2v) is 10.7. The largest absolute Gasteiger partial charge is 0.467 e. The molecule has 0 amide bonds. The van der Waals surface area contributed by atoms with Gasteiger partial charge in [0.05, 0.1) is 12.2 Å². The van der Waals surface area contributed by atoms with E-state index in [9.17, 15) is 14.7 Å². The third kappa shape index (κ3) is 2.62. The highest BCUT2D eigenvalue weighted by Crippen LogP contribution is 2.70. The number of hydrogen-bond acceptors (Lipinski definition) is 5. The van der Waals surface area contributed by atoms with Gasteiger partial charge in [0.15, 0.2) is 0 Å². The Morgan fingerprint density at radius 1 is 1.14 bits per heavy atom. The van der Waals surface area contributed by atoms with E-state index < -0.39 is 5.60 Å². The summed E-state index contributed by atoms with van der Waals surface area (Å²) in [4.78, 5) is 22.8. The van der Waals surface area contributed by atoms with E-state index >= 15 is 0 Å². The van der Waals surface area contributed by atoms with Gasteiger partial charge in [-0.05, 0) is 80.6 Å². The highest BCUT2D eigenvalue weighted by atomic mass is 16.5. The van der Waals surface area contributed by atoms with Gasteiger partial charge in [0.1, 0.15) is 6.61 Å². The lowest BCUT2D eigenvalue weighted by Gasteiger charge is -2.63. The second-order valence-electron chi connectivity index (χ2n) is 10.7. The zero-order valence-electron chi connectivity index (χ0n) is 17.5. The standard InChI is InChI=1S/C24H34O5/c1-22-10-7-19-20(6-5-17-4-2-3-9-23(17,19)14-28-15-25)24(22,27)11-8-18(22)16-12-21(26)29-13-16/h12,15,17-20,27H,2-11,13-14H2,1H3/t17-,18-,19+,20-,22-,23-,24+/m1/s1. The zero-order valence-corrected chi connectivity index (χ0v) is 17.5. The number of hydrogen-bond donors (Lipinski definition) is 1. The van der Waals surface area contributed by atoms with Crippen LogP contribution in [0.3, 0.4) is 0 Å². The maximum atomic E-state index is 12.2. The molecular formula is C24H34O5. The SMILES string of the molecule is C[C@]12CC[C@H]3[C@@H](CC[C@H]4CCCC[C@@]43COC=O)[C@@]1(O)CC[C@@H]2C1=CC(=O)OC1. The smallest absolute Gasteiger partial charge is 0.331 e. The molecule has 0 radical (unpaired) electrons. The quantitative estimate of drug-likeness (QED) is 0.572. The molecule has 1 N–H and O–H groups in total. The van der Waals surface area contributed by atoms with Crippen LogP contribution in [0.4, 0.5) is 0 Å². The van der Waals surface area contributed by atoms with E-state index in [1.165, 1.54) is 19.3 Å². The van der Waals surface area contributed by atoms with E-state index in [-0.39, 0.29) is 28.6 Å². The molecule has 0 saturated heterocycles. The van der Waals surface area contributed by atoms with Gasteiger partial charge in [0.2, 0.25) is 0 Å². The van der Waals surface area contributed by atoms with Crippen molar-refractivity contribution in [1.82, 2.24) is 0 Å². The maximum absolute atomic E-state index is 12.2. The first-order valence-electron chi connectivity index (χ1n) is 11.6. The van der Waals surface area contributed by atoms with Crippen LogP contribution in [-0.4, -0.2) is 36.4 Å². The van der Waals surface area contributed by atoms with Gasteiger partial charge in [-0.15, -0.1) is 0 Å². The number of ether oxygens (including phenoxy) is 2. The van der Waals surface area contributed by atoms with Crippen LogP contribution >= 0.6 is 0 Å². The summed E-state index contributed by atoms with van der Waals surface area (Å²) >= 11 is 0. The van der Waals surface area contributed by atoms with Gasteiger partial charge in [-0.25, -0.2) is 4.79 Å². The highest BCUT2D eigenvalue weighted by molar-refractivity contribution is 5.85. The van der Waals surface area contributed by atoms with Crippen molar-refractivity contribution in [3.05, 3.63) is 11.6 Å². The van der Waals surface area contributed by atoms with E-state index in [1.54, 1.807) is 6.08 Å². The van der Waals surface area contributed by atoms with Crippen molar-refractivity contribution >= 4 is 12.4 Å². The van der Waals surface area contributed by atoms with Gasteiger partial charge in [0.25, 0.3) is 6.47 Å². The van der Waals surface area contributed by atoms with Crippen LogP contribution < -0.4 is 0 Å². The van der Waals surface area contributed by atoms with Gasteiger partial charge in [-0.2, -0.15) is 0 Å². The average Bonchev–Trinajstić information content (AvgIpc) is 3.26. The minimum Gasteiger partial charge on any atom is -0.467 e. The summed E-state index contributed by atoms with van der Waals surface area (Å²) < 4.78 is 10.7. The summed E-state index contributed by atoms with van der Waals surface area (Å²) in [6, 6.07) is 0. The first kappa shape index (κ1) is 19.6. The molecule has 4 aliphatic carbocycles. The second kappa shape index (κ2) is 6.83. The van der Waals surface area contributed by atoms with Gasteiger partial charge >= 0.3 is 5.97 Å². The Balaban J connectivity index is 1.49. The van der Waals surface area contributed by atoms with Crippen molar-refractivity contribution in [3.63, 3.8) is 0 Å². The zero-order chi connectivity index (χ0) is 20.3. The number of fused-ring (bicyclic) bond motifs is 5. The lowest BCUT2D eigenvalue weighted by Crippen LogP contribution is -2.63. The van der Waals surface area contributed by atoms with Crippen molar-refractivity contribution in [2.45, 2.75) is 76.7 Å². The molecule has 5 nitrogen and oxygen atoms in total. The molecular weight excluding hydrogens is 368 g/mol. The van der Waals surface area contributed by atoms with Gasteiger partial charge < -0.3 is 14.6 Å². The topological polar surface area (TPSA) is 72.8 Å². The Labute approximate surface area is 173 Å². The third-order valence-corrected chi connectivity index (χ3v) is 10.0. The first-order valence-corrected chi connectivity index (χ1v) is 11.6. The molecule has 160 valence electrons. The molecule has 0 aromatic carbocycles. The predicted octanol–water partition coefficient (Wildman–Crippen LogP) is 3.79. The number of cyclic esters (lactones) is 1. The molecule has 0 unspecified atom stereocenters. The van der Waals surface area contributed by atoms with Crippen LogP contribution in [0, 0.1) is 34.5 Å². The van der Waals surface area contributed by atoms with Crippen LogP contribution in [0.2, 0.25) is 0 Å². The molecule has 5 heteroatoms. The van der Waals surface area contributed by atoms with Crippen LogP contribution in [0.15, 0.2) is 11.6 Å². The molecule has 5 rings (SSSR count). The lowest BCUT2D eigenvalue weighted by molar-refractivity contribution is -0.216. The van der Waals surface area contributed by atoms with Gasteiger partial charge in [0, 0.05) is 16.9 Å². The molecule has 5 aliphatic rings. The van der Waals surface area contributed by atoms with Crippen molar-refractivity contribution in [3.8, 4) is 0 Å². The minimum absolute atomic E-state index is 0.0446. The number of aliphatic hydroxyl groups is 1. The van der Waals surface area contributed by atoms with E-state index in [1.807, 2.05) is 0 Å². The van der Waals surface area contributed by atoms with Gasteiger partial charge in [-0.3, -0.25) is 4.79 Å². The summed E-state index contributed by atoms with van der Waals surface area (Å²) in [6.45, 7) is 3.78. The van der Waals surface area contributed by atoms with E-state index in [2.05, 4.69) is 6.92 Å². The molecule has 0 spiro atoms. The Kier molecular flexibility index (Phi) is 4.61. The molecule has 0 aromatic heterocycles. The Bertz CT molecular complexity index is 731. The van der Waals surface area contributed by atoms with Crippen molar-refractivity contribution in [1.29, 1.82) is 0 Å². The fraction of sp³-hybridized carbons (Fsp3) is 0.833. The first-order chi connectivity index (χ1) is 13.9. The Hall–Kier alpha value is -1.36. The van der Waals surface area contributed by atoms with Crippen molar-refractivity contribution in [2.75, 3.05) is 13.2 Å². The predicted molar refractivity (Wildman–Crippen MR) is 107 cm³/mol. The molecule has 7 atom stereocenters. The highest BCUT2D eigenvalue weighted by Gasteiger charge is 2.68. The monoisotopic (exact) mass is 402 g/mol. The van der Waals surface area contributed by atoms with E-state index in [4.69, 9.17) is 9.47 Å². The number of rotatable bonds is 4. The Morgan fingerprint density at radius 2 is 2.00 bits per heavy atom. The molecule has 4 fully saturated rings. The minimum atomic E-state index is -0.705.